The highest BCUT2D eigenvalue weighted by molar-refractivity contribution is 7.92. The number of benzene rings is 3. The Morgan fingerprint density at radius 1 is 0.909 bits per heavy atom. The standard InChI is InChI=1S/C22H21N3O7S/c1-31-19-11-4-2-9-17(19)25-33(29,30)16-8-6-7-15(13-16)22(28)24-23-21(27)14-32-20-12-5-3-10-18(20)26/h2-13,25-26H,14H2,1H3,(H,23,27)(H,24,28). The van der Waals surface area contributed by atoms with Gasteiger partial charge >= 0.3 is 0 Å². The topological polar surface area (TPSA) is 143 Å². The van der Waals surface area contributed by atoms with E-state index in [1.165, 1.54) is 37.4 Å². The fraction of sp³-hybridized carbons (Fsp3) is 0.0909. The number of ether oxygens (including phenoxy) is 2. The number of para-hydroxylation sites is 4. The Balaban J connectivity index is 1.62. The zero-order valence-corrected chi connectivity index (χ0v) is 18.3. The number of phenols is 1. The van der Waals surface area contributed by atoms with E-state index in [0.717, 1.165) is 6.07 Å². The molecule has 172 valence electrons. The molecule has 0 aromatic heterocycles. The molecule has 0 radical (unpaired) electrons. The summed E-state index contributed by atoms with van der Waals surface area (Å²) in [6, 6.07) is 17.9. The third kappa shape index (κ3) is 6.14. The normalized spacial score (nSPS) is 10.7. The summed E-state index contributed by atoms with van der Waals surface area (Å²) in [7, 11) is -2.60. The van der Waals surface area contributed by atoms with Gasteiger partial charge in [-0.15, -0.1) is 0 Å². The van der Waals surface area contributed by atoms with Crippen molar-refractivity contribution in [2.75, 3.05) is 18.4 Å². The fourth-order valence-corrected chi connectivity index (χ4v) is 3.81. The first-order valence-electron chi connectivity index (χ1n) is 9.56. The lowest BCUT2D eigenvalue weighted by Crippen LogP contribution is -2.43. The van der Waals surface area contributed by atoms with Crippen LogP contribution >= 0.6 is 0 Å². The van der Waals surface area contributed by atoms with Crippen molar-refractivity contribution in [1.29, 1.82) is 0 Å². The number of aromatic hydroxyl groups is 1. The van der Waals surface area contributed by atoms with Crippen molar-refractivity contribution in [3.05, 3.63) is 78.4 Å². The Hall–Kier alpha value is -4.25. The number of carbonyl (C=O) groups excluding carboxylic acids is 2. The van der Waals surface area contributed by atoms with E-state index in [2.05, 4.69) is 15.6 Å². The molecule has 0 aliphatic carbocycles. The van der Waals surface area contributed by atoms with E-state index in [9.17, 15) is 23.1 Å². The lowest BCUT2D eigenvalue weighted by Gasteiger charge is -2.12. The van der Waals surface area contributed by atoms with Crippen LogP contribution < -0.4 is 25.0 Å². The predicted molar refractivity (Wildman–Crippen MR) is 119 cm³/mol. The predicted octanol–water partition coefficient (Wildman–Crippen LogP) is 2.04. The summed E-state index contributed by atoms with van der Waals surface area (Å²) in [6.45, 7) is -0.463. The minimum absolute atomic E-state index is 0.000163. The van der Waals surface area contributed by atoms with Crippen LogP contribution in [0.1, 0.15) is 10.4 Å². The number of methoxy groups -OCH3 is 1. The summed E-state index contributed by atoms with van der Waals surface area (Å²) in [5.74, 6) is -1.11. The van der Waals surface area contributed by atoms with Gasteiger partial charge in [0.05, 0.1) is 17.7 Å². The van der Waals surface area contributed by atoms with E-state index in [0.29, 0.717) is 5.75 Å². The van der Waals surface area contributed by atoms with Crippen molar-refractivity contribution >= 4 is 27.5 Å². The number of carbonyl (C=O) groups is 2. The van der Waals surface area contributed by atoms with Crippen LogP contribution in [0.15, 0.2) is 77.7 Å². The van der Waals surface area contributed by atoms with E-state index < -0.39 is 28.4 Å². The molecule has 10 nitrogen and oxygen atoms in total. The van der Waals surface area contributed by atoms with Gasteiger partial charge in [0.25, 0.3) is 21.8 Å². The van der Waals surface area contributed by atoms with Crippen LogP contribution in [0.3, 0.4) is 0 Å². The summed E-state index contributed by atoms with van der Waals surface area (Å²) in [5.41, 5.74) is 4.58. The first-order chi connectivity index (χ1) is 15.8. The molecule has 0 atom stereocenters. The zero-order valence-electron chi connectivity index (χ0n) is 17.4. The van der Waals surface area contributed by atoms with Gasteiger partial charge in [-0.3, -0.25) is 25.2 Å². The number of anilines is 1. The molecule has 0 bridgehead atoms. The Morgan fingerprint density at radius 3 is 2.33 bits per heavy atom. The molecule has 0 unspecified atom stereocenters. The number of nitrogens with one attached hydrogen (secondary N) is 3. The van der Waals surface area contributed by atoms with Crippen LogP contribution in [-0.2, 0) is 14.8 Å². The summed E-state index contributed by atoms with van der Waals surface area (Å²) in [6.07, 6.45) is 0. The molecule has 33 heavy (non-hydrogen) atoms. The number of amides is 2. The molecule has 3 aromatic carbocycles. The van der Waals surface area contributed by atoms with E-state index >= 15 is 0 Å². The summed E-state index contributed by atoms with van der Waals surface area (Å²) < 4.78 is 38.2. The molecule has 0 spiro atoms. The van der Waals surface area contributed by atoms with Gasteiger partial charge in [0.15, 0.2) is 18.1 Å². The first-order valence-corrected chi connectivity index (χ1v) is 11.0. The van der Waals surface area contributed by atoms with Crippen LogP contribution in [0, 0.1) is 0 Å². The van der Waals surface area contributed by atoms with E-state index in [1.807, 2.05) is 0 Å². The van der Waals surface area contributed by atoms with E-state index in [1.54, 1.807) is 36.4 Å². The molecular formula is C22H21N3O7S. The average molecular weight is 471 g/mol. The molecule has 2 amide bonds. The third-order valence-corrected chi connectivity index (χ3v) is 5.66. The highest BCUT2D eigenvalue weighted by Gasteiger charge is 2.18. The van der Waals surface area contributed by atoms with Gasteiger partial charge in [-0.25, -0.2) is 8.42 Å². The van der Waals surface area contributed by atoms with Crippen LogP contribution in [0.25, 0.3) is 0 Å². The number of hydrogen-bond acceptors (Lipinski definition) is 7. The molecular weight excluding hydrogens is 450 g/mol. The van der Waals surface area contributed by atoms with Crippen LogP contribution in [0.2, 0.25) is 0 Å². The molecule has 11 heteroatoms. The second-order valence-electron chi connectivity index (χ2n) is 6.59. The van der Waals surface area contributed by atoms with Crippen LogP contribution in [0.5, 0.6) is 17.2 Å². The van der Waals surface area contributed by atoms with Crippen molar-refractivity contribution in [2.45, 2.75) is 4.90 Å². The molecule has 0 saturated carbocycles. The number of sulfonamides is 1. The quantitative estimate of drug-likeness (QED) is 0.368. The van der Waals surface area contributed by atoms with Crippen molar-refractivity contribution < 1.29 is 32.6 Å². The van der Waals surface area contributed by atoms with E-state index in [-0.39, 0.29) is 27.6 Å². The van der Waals surface area contributed by atoms with Crippen molar-refractivity contribution in [3.63, 3.8) is 0 Å². The smallest absolute Gasteiger partial charge is 0.276 e. The van der Waals surface area contributed by atoms with Gasteiger partial charge in [0.1, 0.15) is 5.75 Å². The Bertz CT molecular complexity index is 1260. The van der Waals surface area contributed by atoms with Crippen LogP contribution in [0.4, 0.5) is 5.69 Å². The molecule has 0 aliphatic heterocycles. The highest BCUT2D eigenvalue weighted by Crippen LogP contribution is 2.26. The van der Waals surface area contributed by atoms with Gasteiger partial charge in [-0.1, -0.05) is 30.3 Å². The molecule has 0 heterocycles. The summed E-state index contributed by atoms with van der Waals surface area (Å²) in [4.78, 5) is 24.1. The maximum absolute atomic E-state index is 12.8. The minimum Gasteiger partial charge on any atom is -0.504 e. The lowest BCUT2D eigenvalue weighted by atomic mass is 10.2. The van der Waals surface area contributed by atoms with Crippen molar-refractivity contribution in [2.24, 2.45) is 0 Å². The lowest BCUT2D eigenvalue weighted by molar-refractivity contribution is -0.123. The Kier molecular flexibility index (Phi) is 7.36. The number of hydrazine groups is 1. The molecule has 0 saturated heterocycles. The SMILES string of the molecule is COc1ccccc1NS(=O)(=O)c1cccc(C(=O)NNC(=O)COc2ccccc2O)c1. The highest BCUT2D eigenvalue weighted by atomic mass is 32.2. The summed E-state index contributed by atoms with van der Waals surface area (Å²) in [5, 5.41) is 9.62. The Labute approximate surface area is 190 Å². The second-order valence-corrected chi connectivity index (χ2v) is 8.27. The third-order valence-electron chi connectivity index (χ3n) is 4.30. The van der Waals surface area contributed by atoms with Gasteiger partial charge < -0.3 is 14.6 Å². The largest absolute Gasteiger partial charge is 0.504 e. The molecule has 0 aliphatic rings. The molecule has 3 rings (SSSR count). The fourth-order valence-electron chi connectivity index (χ4n) is 2.69. The monoisotopic (exact) mass is 471 g/mol. The number of phenolic OH excluding ortho intramolecular Hbond substituents is 1. The van der Waals surface area contributed by atoms with Gasteiger partial charge in [0.2, 0.25) is 0 Å². The second kappa shape index (κ2) is 10.4. The van der Waals surface area contributed by atoms with E-state index in [4.69, 9.17) is 9.47 Å². The maximum Gasteiger partial charge on any atom is 0.276 e. The molecule has 3 aromatic rings. The van der Waals surface area contributed by atoms with Gasteiger partial charge in [0, 0.05) is 5.56 Å². The van der Waals surface area contributed by atoms with Gasteiger partial charge in [-0.2, -0.15) is 0 Å². The maximum atomic E-state index is 12.8. The Morgan fingerprint density at radius 2 is 1.61 bits per heavy atom. The van der Waals surface area contributed by atoms with Gasteiger partial charge in [-0.05, 0) is 42.5 Å². The number of rotatable bonds is 8. The number of hydrogen-bond donors (Lipinski definition) is 4. The van der Waals surface area contributed by atoms with Crippen molar-refractivity contribution in [3.8, 4) is 17.2 Å². The molecule has 0 fully saturated rings. The zero-order chi connectivity index (χ0) is 23.8. The molecule has 4 N–H and O–H groups in total. The first kappa shape index (κ1) is 23.4. The van der Waals surface area contributed by atoms with Crippen molar-refractivity contribution in [1.82, 2.24) is 10.9 Å². The minimum atomic E-state index is -4.02. The average Bonchev–Trinajstić information content (AvgIpc) is 2.82. The summed E-state index contributed by atoms with van der Waals surface area (Å²) >= 11 is 0. The van der Waals surface area contributed by atoms with Crippen LogP contribution in [-0.4, -0.2) is 39.1 Å².